The molecule has 3 rings (SSSR count). The van der Waals surface area contributed by atoms with Gasteiger partial charge in [0.15, 0.2) is 0 Å². The molecule has 0 aliphatic heterocycles. The summed E-state index contributed by atoms with van der Waals surface area (Å²) in [4.78, 5) is 4.66. The zero-order chi connectivity index (χ0) is 19.6. The van der Waals surface area contributed by atoms with Crippen molar-refractivity contribution in [3.8, 4) is 17.0 Å². The first-order valence-electron chi connectivity index (χ1n) is 10.5. The zero-order valence-corrected chi connectivity index (χ0v) is 17.2. The fraction of sp³-hybridized carbons (Fsp3) is 0.346. The van der Waals surface area contributed by atoms with Gasteiger partial charge in [-0.3, -0.25) is 4.98 Å². The number of pyridine rings is 1. The van der Waals surface area contributed by atoms with Gasteiger partial charge < -0.3 is 4.74 Å². The van der Waals surface area contributed by atoms with Gasteiger partial charge in [-0.25, -0.2) is 0 Å². The second-order valence-electron chi connectivity index (χ2n) is 7.30. The van der Waals surface area contributed by atoms with E-state index in [0.29, 0.717) is 0 Å². The molecule has 2 nitrogen and oxygen atoms in total. The predicted molar refractivity (Wildman–Crippen MR) is 118 cm³/mol. The van der Waals surface area contributed by atoms with Crippen molar-refractivity contribution in [2.45, 2.75) is 52.4 Å². The maximum atomic E-state index is 5.79. The van der Waals surface area contributed by atoms with Crippen molar-refractivity contribution in [2.24, 2.45) is 0 Å². The van der Waals surface area contributed by atoms with Crippen LogP contribution in [0.3, 0.4) is 0 Å². The van der Waals surface area contributed by atoms with Gasteiger partial charge in [-0.1, -0.05) is 69.2 Å². The van der Waals surface area contributed by atoms with Crippen LogP contribution in [0.1, 0.15) is 49.8 Å². The Morgan fingerprint density at radius 2 is 1.39 bits per heavy atom. The molecule has 0 radical (unpaired) electrons. The highest BCUT2D eigenvalue weighted by molar-refractivity contribution is 5.59. The van der Waals surface area contributed by atoms with E-state index in [2.05, 4.69) is 79.5 Å². The molecule has 0 saturated heterocycles. The van der Waals surface area contributed by atoms with Gasteiger partial charge in [0.25, 0.3) is 0 Å². The number of aromatic nitrogens is 1. The van der Waals surface area contributed by atoms with Crippen molar-refractivity contribution in [2.75, 3.05) is 6.61 Å². The van der Waals surface area contributed by atoms with E-state index in [1.807, 2.05) is 6.20 Å². The fourth-order valence-electron chi connectivity index (χ4n) is 3.24. The lowest BCUT2D eigenvalue weighted by Crippen LogP contribution is -1.97. The molecular weight excluding hydrogens is 342 g/mol. The minimum Gasteiger partial charge on any atom is -0.494 e. The Morgan fingerprint density at radius 1 is 0.714 bits per heavy atom. The summed E-state index contributed by atoms with van der Waals surface area (Å²) in [6.07, 6.45) is 8.68. The van der Waals surface area contributed by atoms with Crippen LogP contribution < -0.4 is 4.74 Å². The number of unbranched alkanes of at least 4 members (excludes halogenated alkanes) is 2. The lowest BCUT2D eigenvalue weighted by Gasteiger charge is -2.08. The molecule has 146 valence electrons. The Bertz CT molecular complexity index is 820. The summed E-state index contributed by atoms with van der Waals surface area (Å²) in [5, 5.41) is 0. The standard InChI is InChI=1S/C26H31NO/c1-3-5-6-19-28-25-16-11-22(12-17-25)7-8-23-13-18-26(27-20-23)24-14-9-21(4-2)10-15-24/h9-18,20H,3-8,19H2,1-2H3. The van der Waals surface area contributed by atoms with Gasteiger partial charge in [-0.05, 0) is 60.6 Å². The molecule has 0 atom stereocenters. The number of benzene rings is 2. The minimum atomic E-state index is 0.812. The van der Waals surface area contributed by atoms with E-state index in [1.165, 1.54) is 35.1 Å². The monoisotopic (exact) mass is 373 g/mol. The molecule has 0 amide bonds. The molecule has 0 aliphatic carbocycles. The van der Waals surface area contributed by atoms with Crippen molar-refractivity contribution < 1.29 is 4.74 Å². The normalized spacial score (nSPS) is 10.8. The summed E-state index contributed by atoms with van der Waals surface area (Å²) in [6, 6.07) is 21.5. The Kier molecular flexibility index (Phi) is 7.66. The van der Waals surface area contributed by atoms with Crippen LogP contribution in [0.2, 0.25) is 0 Å². The summed E-state index contributed by atoms with van der Waals surface area (Å²) in [5.74, 6) is 0.972. The van der Waals surface area contributed by atoms with Crippen LogP contribution in [0.4, 0.5) is 0 Å². The molecule has 1 heterocycles. The maximum absolute atomic E-state index is 5.79. The first kappa shape index (κ1) is 20.1. The van der Waals surface area contributed by atoms with Gasteiger partial charge in [0.05, 0.1) is 12.3 Å². The third kappa shape index (κ3) is 5.95. The van der Waals surface area contributed by atoms with Crippen LogP contribution in [-0.4, -0.2) is 11.6 Å². The van der Waals surface area contributed by atoms with Crippen molar-refractivity contribution in [3.63, 3.8) is 0 Å². The van der Waals surface area contributed by atoms with Crippen LogP contribution in [0.25, 0.3) is 11.3 Å². The molecule has 0 fully saturated rings. The molecule has 0 bridgehead atoms. The van der Waals surface area contributed by atoms with Crippen LogP contribution >= 0.6 is 0 Å². The largest absolute Gasteiger partial charge is 0.494 e. The summed E-state index contributed by atoms with van der Waals surface area (Å²) in [7, 11) is 0. The van der Waals surface area contributed by atoms with Gasteiger partial charge in [-0.15, -0.1) is 0 Å². The molecule has 2 heteroatoms. The summed E-state index contributed by atoms with van der Waals surface area (Å²) >= 11 is 0. The number of hydrogen-bond acceptors (Lipinski definition) is 2. The first-order chi connectivity index (χ1) is 13.8. The molecular formula is C26H31NO. The summed E-state index contributed by atoms with van der Waals surface area (Å²) in [6.45, 7) is 5.20. The average molecular weight is 374 g/mol. The Hall–Kier alpha value is -2.61. The number of ether oxygens (including phenoxy) is 1. The lowest BCUT2D eigenvalue weighted by molar-refractivity contribution is 0.306. The maximum Gasteiger partial charge on any atom is 0.119 e. The van der Waals surface area contributed by atoms with Gasteiger partial charge in [0, 0.05) is 11.8 Å². The average Bonchev–Trinajstić information content (AvgIpc) is 2.76. The predicted octanol–water partition coefficient (Wildman–Crippen LogP) is 6.67. The Labute approximate surface area is 169 Å². The minimum absolute atomic E-state index is 0.812. The molecule has 28 heavy (non-hydrogen) atoms. The Balaban J connectivity index is 1.50. The van der Waals surface area contributed by atoms with Crippen molar-refractivity contribution >= 4 is 0 Å². The van der Waals surface area contributed by atoms with Crippen LogP contribution in [0.5, 0.6) is 5.75 Å². The van der Waals surface area contributed by atoms with Gasteiger partial charge >= 0.3 is 0 Å². The second-order valence-corrected chi connectivity index (χ2v) is 7.30. The molecule has 0 aliphatic rings. The van der Waals surface area contributed by atoms with Gasteiger partial charge in [0.2, 0.25) is 0 Å². The van der Waals surface area contributed by atoms with Crippen LogP contribution in [0.15, 0.2) is 66.9 Å². The van der Waals surface area contributed by atoms with Crippen LogP contribution in [0, 0.1) is 0 Å². The van der Waals surface area contributed by atoms with Crippen LogP contribution in [-0.2, 0) is 19.3 Å². The van der Waals surface area contributed by atoms with E-state index in [1.54, 1.807) is 0 Å². The van der Waals surface area contributed by atoms with E-state index in [-0.39, 0.29) is 0 Å². The van der Waals surface area contributed by atoms with E-state index in [4.69, 9.17) is 4.74 Å². The number of nitrogens with zero attached hydrogens (tertiary/aromatic N) is 1. The molecule has 0 saturated carbocycles. The zero-order valence-electron chi connectivity index (χ0n) is 17.2. The summed E-state index contributed by atoms with van der Waals surface area (Å²) < 4.78 is 5.79. The third-order valence-electron chi connectivity index (χ3n) is 5.13. The van der Waals surface area contributed by atoms with E-state index in [0.717, 1.165) is 43.7 Å². The number of aryl methyl sites for hydroxylation is 3. The quantitative estimate of drug-likeness (QED) is 0.370. The van der Waals surface area contributed by atoms with Crippen molar-refractivity contribution in [3.05, 3.63) is 83.6 Å². The van der Waals surface area contributed by atoms with E-state index >= 15 is 0 Å². The summed E-state index contributed by atoms with van der Waals surface area (Å²) in [5.41, 5.74) is 6.18. The molecule has 2 aromatic carbocycles. The smallest absolute Gasteiger partial charge is 0.119 e. The number of hydrogen-bond donors (Lipinski definition) is 0. The highest BCUT2D eigenvalue weighted by atomic mass is 16.5. The molecule has 0 unspecified atom stereocenters. The van der Waals surface area contributed by atoms with Gasteiger partial charge in [-0.2, -0.15) is 0 Å². The SMILES string of the molecule is CCCCCOc1ccc(CCc2ccc(-c3ccc(CC)cc3)nc2)cc1. The van der Waals surface area contributed by atoms with Crippen molar-refractivity contribution in [1.82, 2.24) is 4.98 Å². The molecule has 1 aromatic heterocycles. The van der Waals surface area contributed by atoms with Gasteiger partial charge in [0.1, 0.15) is 5.75 Å². The van der Waals surface area contributed by atoms with E-state index in [9.17, 15) is 0 Å². The lowest BCUT2D eigenvalue weighted by atomic mass is 10.0. The Morgan fingerprint density at radius 3 is 2.04 bits per heavy atom. The molecule has 0 N–H and O–H groups in total. The second kappa shape index (κ2) is 10.7. The first-order valence-corrected chi connectivity index (χ1v) is 10.5. The topological polar surface area (TPSA) is 22.1 Å². The van der Waals surface area contributed by atoms with E-state index < -0.39 is 0 Å². The fourth-order valence-corrected chi connectivity index (χ4v) is 3.24. The third-order valence-corrected chi connectivity index (χ3v) is 5.13. The number of rotatable bonds is 10. The highest BCUT2D eigenvalue weighted by Crippen LogP contribution is 2.19. The molecule has 0 spiro atoms. The highest BCUT2D eigenvalue weighted by Gasteiger charge is 2.02. The molecule has 3 aromatic rings. The van der Waals surface area contributed by atoms with Crippen molar-refractivity contribution in [1.29, 1.82) is 0 Å².